The monoisotopic (exact) mass is 388 g/mol. The van der Waals surface area contributed by atoms with E-state index in [0.717, 1.165) is 16.9 Å². The third-order valence-electron chi connectivity index (χ3n) is 4.34. The van der Waals surface area contributed by atoms with Crippen LogP contribution in [0.4, 0.5) is 17.1 Å². The SMILES string of the molecule is CN(c1ccccc1)c1ccc(C=NNC(=O)Cc2ccc([N+](=O)[O-])cc2)cc1. The van der Waals surface area contributed by atoms with E-state index in [1.807, 2.05) is 61.6 Å². The summed E-state index contributed by atoms with van der Waals surface area (Å²) in [4.78, 5) is 24.2. The molecule has 0 saturated heterocycles. The molecule has 3 aromatic carbocycles. The van der Waals surface area contributed by atoms with Crippen molar-refractivity contribution in [2.24, 2.45) is 5.10 Å². The molecule has 3 aromatic rings. The van der Waals surface area contributed by atoms with Crippen molar-refractivity contribution in [2.75, 3.05) is 11.9 Å². The second-order valence-electron chi connectivity index (χ2n) is 6.38. The molecule has 0 aliphatic rings. The van der Waals surface area contributed by atoms with E-state index in [1.165, 1.54) is 12.1 Å². The number of nitro benzene ring substituents is 1. The van der Waals surface area contributed by atoms with Crippen LogP contribution in [0.5, 0.6) is 0 Å². The van der Waals surface area contributed by atoms with Crippen molar-refractivity contribution in [3.05, 3.63) is 100 Å². The van der Waals surface area contributed by atoms with Crippen LogP contribution in [0.15, 0.2) is 84.0 Å². The van der Waals surface area contributed by atoms with Gasteiger partial charge >= 0.3 is 0 Å². The average Bonchev–Trinajstić information content (AvgIpc) is 2.75. The van der Waals surface area contributed by atoms with Gasteiger partial charge in [0.15, 0.2) is 0 Å². The molecule has 0 spiro atoms. The fourth-order valence-electron chi connectivity index (χ4n) is 2.72. The Morgan fingerprint density at radius 3 is 2.24 bits per heavy atom. The Morgan fingerprint density at radius 2 is 1.62 bits per heavy atom. The lowest BCUT2D eigenvalue weighted by Gasteiger charge is -2.19. The van der Waals surface area contributed by atoms with Gasteiger partial charge in [0.25, 0.3) is 5.69 Å². The van der Waals surface area contributed by atoms with Gasteiger partial charge in [-0.05, 0) is 35.4 Å². The highest BCUT2D eigenvalue weighted by atomic mass is 16.6. The second-order valence-corrected chi connectivity index (χ2v) is 6.38. The fraction of sp³-hybridized carbons (Fsp3) is 0.0909. The van der Waals surface area contributed by atoms with Crippen LogP contribution in [-0.2, 0) is 11.2 Å². The molecule has 146 valence electrons. The van der Waals surface area contributed by atoms with E-state index in [1.54, 1.807) is 18.3 Å². The lowest BCUT2D eigenvalue weighted by atomic mass is 10.1. The first kappa shape index (κ1) is 19.8. The predicted octanol–water partition coefficient (Wildman–Crippen LogP) is 4.06. The molecule has 0 aromatic heterocycles. The summed E-state index contributed by atoms with van der Waals surface area (Å²) in [5.74, 6) is -0.296. The number of nitrogens with one attached hydrogen (secondary N) is 1. The van der Waals surface area contributed by atoms with Crippen molar-refractivity contribution >= 4 is 29.2 Å². The Bertz CT molecular complexity index is 1000. The summed E-state index contributed by atoms with van der Waals surface area (Å²) in [5.41, 5.74) is 6.12. The van der Waals surface area contributed by atoms with E-state index in [2.05, 4.69) is 15.4 Å². The van der Waals surface area contributed by atoms with E-state index < -0.39 is 4.92 Å². The van der Waals surface area contributed by atoms with Gasteiger partial charge in [-0.1, -0.05) is 42.5 Å². The topological polar surface area (TPSA) is 87.8 Å². The lowest BCUT2D eigenvalue weighted by molar-refractivity contribution is -0.384. The Hall–Kier alpha value is -4.00. The van der Waals surface area contributed by atoms with Crippen LogP contribution in [-0.4, -0.2) is 24.1 Å². The molecule has 1 N–H and O–H groups in total. The van der Waals surface area contributed by atoms with Gasteiger partial charge in [-0.2, -0.15) is 5.10 Å². The number of hydrogen-bond acceptors (Lipinski definition) is 5. The van der Waals surface area contributed by atoms with Gasteiger partial charge in [-0.3, -0.25) is 14.9 Å². The molecule has 0 saturated carbocycles. The maximum atomic E-state index is 12.0. The molecular weight excluding hydrogens is 368 g/mol. The Balaban J connectivity index is 1.53. The Morgan fingerprint density at radius 1 is 1.00 bits per heavy atom. The van der Waals surface area contributed by atoms with Crippen LogP contribution in [0.2, 0.25) is 0 Å². The van der Waals surface area contributed by atoms with Crippen molar-refractivity contribution < 1.29 is 9.72 Å². The van der Waals surface area contributed by atoms with Gasteiger partial charge in [0.1, 0.15) is 0 Å². The van der Waals surface area contributed by atoms with Crippen molar-refractivity contribution in [1.29, 1.82) is 0 Å². The zero-order valence-corrected chi connectivity index (χ0v) is 15.9. The molecule has 0 atom stereocenters. The first-order chi connectivity index (χ1) is 14.0. The number of amides is 1. The van der Waals surface area contributed by atoms with E-state index in [0.29, 0.717) is 5.56 Å². The smallest absolute Gasteiger partial charge is 0.269 e. The molecule has 3 rings (SSSR count). The second kappa shape index (κ2) is 9.27. The zero-order valence-electron chi connectivity index (χ0n) is 15.9. The molecule has 0 unspecified atom stereocenters. The maximum Gasteiger partial charge on any atom is 0.269 e. The van der Waals surface area contributed by atoms with E-state index >= 15 is 0 Å². The number of para-hydroxylation sites is 1. The van der Waals surface area contributed by atoms with Crippen molar-refractivity contribution in [3.8, 4) is 0 Å². The number of hydrogen-bond donors (Lipinski definition) is 1. The standard InChI is InChI=1S/C22H20N4O3/c1-25(19-5-3-2-4-6-19)20-11-9-18(10-12-20)16-23-24-22(27)15-17-7-13-21(14-8-17)26(28)29/h2-14,16H,15H2,1H3,(H,24,27). The highest BCUT2D eigenvalue weighted by Crippen LogP contribution is 2.22. The number of anilines is 2. The van der Waals surface area contributed by atoms with Crippen LogP contribution in [0.3, 0.4) is 0 Å². The van der Waals surface area contributed by atoms with Crippen molar-refractivity contribution in [3.63, 3.8) is 0 Å². The number of non-ortho nitro benzene ring substituents is 1. The average molecular weight is 388 g/mol. The largest absolute Gasteiger partial charge is 0.345 e. The number of carbonyl (C=O) groups is 1. The number of carbonyl (C=O) groups excluding carboxylic acids is 1. The number of nitrogens with zero attached hydrogens (tertiary/aromatic N) is 3. The molecule has 7 heteroatoms. The van der Waals surface area contributed by atoms with Gasteiger partial charge in [0.05, 0.1) is 17.6 Å². The summed E-state index contributed by atoms with van der Waals surface area (Å²) >= 11 is 0. The molecule has 7 nitrogen and oxygen atoms in total. The molecule has 1 amide bonds. The third kappa shape index (κ3) is 5.49. The van der Waals surface area contributed by atoms with Gasteiger partial charge < -0.3 is 4.90 Å². The number of rotatable bonds is 7. The quantitative estimate of drug-likeness (QED) is 0.376. The summed E-state index contributed by atoms with van der Waals surface area (Å²) in [7, 11) is 2.00. The molecular formula is C22H20N4O3. The van der Waals surface area contributed by atoms with E-state index in [-0.39, 0.29) is 18.0 Å². The third-order valence-corrected chi connectivity index (χ3v) is 4.34. The first-order valence-corrected chi connectivity index (χ1v) is 8.97. The fourth-order valence-corrected chi connectivity index (χ4v) is 2.72. The minimum Gasteiger partial charge on any atom is -0.345 e. The highest BCUT2D eigenvalue weighted by Gasteiger charge is 2.07. The molecule has 0 fully saturated rings. The number of hydrazone groups is 1. The summed E-state index contributed by atoms with van der Waals surface area (Å²) in [6.45, 7) is 0. The van der Waals surface area contributed by atoms with Crippen molar-refractivity contribution in [2.45, 2.75) is 6.42 Å². The molecule has 29 heavy (non-hydrogen) atoms. The lowest BCUT2D eigenvalue weighted by Crippen LogP contribution is -2.19. The van der Waals surface area contributed by atoms with Crippen LogP contribution in [0.25, 0.3) is 0 Å². The predicted molar refractivity (Wildman–Crippen MR) is 113 cm³/mol. The molecule has 0 aliphatic heterocycles. The van der Waals surface area contributed by atoms with Crippen LogP contribution >= 0.6 is 0 Å². The molecule has 0 aliphatic carbocycles. The Kier molecular flexibility index (Phi) is 6.32. The highest BCUT2D eigenvalue weighted by molar-refractivity contribution is 5.84. The van der Waals surface area contributed by atoms with Gasteiger partial charge in [-0.15, -0.1) is 0 Å². The number of benzene rings is 3. The zero-order chi connectivity index (χ0) is 20.6. The maximum absolute atomic E-state index is 12.0. The summed E-state index contributed by atoms with van der Waals surface area (Å²) in [6.07, 6.45) is 1.66. The normalized spacial score (nSPS) is 10.7. The summed E-state index contributed by atoms with van der Waals surface area (Å²) in [6, 6.07) is 23.7. The van der Waals surface area contributed by atoms with Crippen LogP contribution in [0, 0.1) is 10.1 Å². The molecule has 0 radical (unpaired) electrons. The van der Waals surface area contributed by atoms with Crippen LogP contribution < -0.4 is 10.3 Å². The van der Waals surface area contributed by atoms with Crippen molar-refractivity contribution in [1.82, 2.24) is 5.43 Å². The minimum absolute atomic E-state index is 0.00599. The number of nitro groups is 1. The summed E-state index contributed by atoms with van der Waals surface area (Å²) < 4.78 is 0. The summed E-state index contributed by atoms with van der Waals surface area (Å²) in [5, 5.41) is 14.6. The van der Waals surface area contributed by atoms with Gasteiger partial charge in [0, 0.05) is 30.6 Å². The molecule has 0 bridgehead atoms. The minimum atomic E-state index is -0.475. The van der Waals surface area contributed by atoms with E-state index in [9.17, 15) is 14.9 Å². The van der Waals surface area contributed by atoms with Gasteiger partial charge in [-0.25, -0.2) is 5.43 Å². The van der Waals surface area contributed by atoms with Crippen LogP contribution in [0.1, 0.15) is 11.1 Å². The van der Waals surface area contributed by atoms with E-state index in [4.69, 9.17) is 0 Å². The first-order valence-electron chi connectivity index (χ1n) is 8.97. The molecule has 0 heterocycles. The Labute approximate surface area is 168 Å². The van der Waals surface area contributed by atoms with Gasteiger partial charge in [0.2, 0.25) is 5.91 Å².